The van der Waals surface area contributed by atoms with Gasteiger partial charge in [-0.1, -0.05) is 27.2 Å². The third-order valence-electron chi connectivity index (χ3n) is 2.13. The van der Waals surface area contributed by atoms with Crippen LogP contribution >= 0.6 is 0 Å². The first kappa shape index (κ1) is 10.5. The zero-order chi connectivity index (χ0) is 8.85. The summed E-state index contributed by atoms with van der Waals surface area (Å²) < 4.78 is 0. The van der Waals surface area contributed by atoms with Crippen LogP contribution in [0, 0.1) is 12.3 Å². The fourth-order valence-corrected chi connectivity index (χ4v) is 0.804. The number of nitrogens with one attached hydrogen (secondary N) is 1. The van der Waals surface area contributed by atoms with Crippen LogP contribution in [0.1, 0.15) is 34.1 Å². The summed E-state index contributed by atoms with van der Waals surface area (Å²) in [6, 6.07) is 0.281. The highest BCUT2D eigenvalue weighted by molar-refractivity contribution is 5.84. The monoisotopic (exact) mass is 156 g/mol. The van der Waals surface area contributed by atoms with Gasteiger partial charge in [0.25, 0.3) is 0 Å². The summed E-state index contributed by atoms with van der Waals surface area (Å²) in [5.41, 5.74) is 0. The smallest absolute Gasteiger partial charge is 0.223 e. The third-order valence-corrected chi connectivity index (χ3v) is 2.13. The number of rotatable bonds is 4. The van der Waals surface area contributed by atoms with E-state index in [1.54, 1.807) is 13.3 Å². The maximum absolute atomic E-state index is 10.9. The van der Waals surface area contributed by atoms with Crippen molar-refractivity contribution >= 4 is 5.91 Å². The van der Waals surface area contributed by atoms with Crippen molar-refractivity contribution < 1.29 is 4.79 Å². The molecule has 0 fully saturated rings. The standard InChI is InChI=1S/C9H18NO/c1-5-7(3)8(4)10-9(11)6-2/h6-8H,5H2,1-4H3,(H,10,11). The number of hydrogen-bond donors (Lipinski definition) is 1. The number of amides is 1. The minimum absolute atomic E-state index is 0.0257. The Morgan fingerprint density at radius 2 is 2.09 bits per heavy atom. The molecule has 0 aromatic rings. The van der Waals surface area contributed by atoms with Gasteiger partial charge in [-0.3, -0.25) is 4.79 Å². The highest BCUT2D eigenvalue weighted by Gasteiger charge is 2.11. The van der Waals surface area contributed by atoms with E-state index < -0.39 is 0 Å². The quantitative estimate of drug-likeness (QED) is 0.660. The van der Waals surface area contributed by atoms with Crippen molar-refractivity contribution in [2.45, 2.75) is 40.2 Å². The normalized spacial score (nSPS) is 15.6. The van der Waals surface area contributed by atoms with Crippen molar-refractivity contribution in [2.75, 3.05) is 0 Å². The highest BCUT2D eigenvalue weighted by atomic mass is 16.1. The Balaban J connectivity index is 3.67. The van der Waals surface area contributed by atoms with E-state index in [1.165, 1.54) is 0 Å². The molecule has 2 heteroatoms. The summed E-state index contributed by atoms with van der Waals surface area (Å²) in [6.45, 7) is 8.05. The maximum Gasteiger partial charge on any atom is 0.223 e. The van der Waals surface area contributed by atoms with Gasteiger partial charge in [0.1, 0.15) is 0 Å². The van der Waals surface area contributed by atoms with Gasteiger partial charge in [-0.2, -0.15) is 0 Å². The summed E-state index contributed by atoms with van der Waals surface area (Å²) in [5, 5.41) is 2.89. The lowest BCUT2D eigenvalue weighted by Crippen LogP contribution is -2.36. The second kappa shape index (κ2) is 5.16. The average molecular weight is 156 g/mol. The van der Waals surface area contributed by atoms with Crippen molar-refractivity contribution in [2.24, 2.45) is 5.92 Å². The predicted molar refractivity (Wildman–Crippen MR) is 47.0 cm³/mol. The van der Waals surface area contributed by atoms with E-state index in [4.69, 9.17) is 0 Å². The molecule has 1 amide bonds. The van der Waals surface area contributed by atoms with Gasteiger partial charge in [-0.25, -0.2) is 0 Å². The Morgan fingerprint density at radius 3 is 2.45 bits per heavy atom. The van der Waals surface area contributed by atoms with Crippen molar-refractivity contribution in [3.8, 4) is 0 Å². The van der Waals surface area contributed by atoms with Crippen molar-refractivity contribution in [3.63, 3.8) is 0 Å². The largest absolute Gasteiger partial charge is 0.353 e. The molecule has 0 aromatic carbocycles. The van der Waals surface area contributed by atoms with E-state index in [-0.39, 0.29) is 11.9 Å². The van der Waals surface area contributed by atoms with E-state index in [1.807, 2.05) is 6.92 Å². The van der Waals surface area contributed by atoms with Gasteiger partial charge in [-0.05, 0) is 12.8 Å². The minimum atomic E-state index is 0.0257. The molecule has 0 rings (SSSR count). The molecule has 2 nitrogen and oxygen atoms in total. The number of carbonyl (C=O) groups excluding carboxylic acids is 1. The van der Waals surface area contributed by atoms with Gasteiger partial charge in [-0.15, -0.1) is 0 Å². The molecule has 2 atom stereocenters. The first-order valence-electron chi connectivity index (χ1n) is 4.21. The summed E-state index contributed by atoms with van der Waals surface area (Å²) in [4.78, 5) is 10.9. The molecule has 0 aromatic heterocycles. The third kappa shape index (κ3) is 4.02. The predicted octanol–water partition coefficient (Wildman–Crippen LogP) is 1.76. The first-order chi connectivity index (χ1) is 5.11. The molecule has 0 saturated heterocycles. The van der Waals surface area contributed by atoms with Gasteiger partial charge >= 0.3 is 0 Å². The van der Waals surface area contributed by atoms with Gasteiger partial charge in [0.2, 0.25) is 5.91 Å². The molecule has 0 aliphatic carbocycles. The molecule has 1 radical (unpaired) electrons. The Bertz CT molecular complexity index is 123. The second-order valence-corrected chi connectivity index (χ2v) is 2.97. The SMILES string of the molecule is C[CH]C(=O)NC(C)C(C)CC. The van der Waals surface area contributed by atoms with Crippen LogP contribution in [0.15, 0.2) is 0 Å². The lowest BCUT2D eigenvalue weighted by Gasteiger charge is -2.19. The van der Waals surface area contributed by atoms with E-state index >= 15 is 0 Å². The van der Waals surface area contributed by atoms with E-state index in [9.17, 15) is 4.79 Å². The lowest BCUT2D eigenvalue weighted by molar-refractivity contribution is -0.118. The van der Waals surface area contributed by atoms with E-state index in [0.29, 0.717) is 5.92 Å². The fourth-order valence-electron chi connectivity index (χ4n) is 0.804. The van der Waals surface area contributed by atoms with Crippen LogP contribution in [-0.4, -0.2) is 11.9 Å². The molecule has 0 bridgehead atoms. The van der Waals surface area contributed by atoms with Crippen LogP contribution in [0.3, 0.4) is 0 Å². The molecule has 11 heavy (non-hydrogen) atoms. The Kier molecular flexibility index (Phi) is 4.92. The van der Waals surface area contributed by atoms with Crippen molar-refractivity contribution in [3.05, 3.63) is 6.42 Å². The molecular weight excluding hydrogens is 138 g/mol. The van der Waals surface area contributed by atoms with Gasteiger partial charge in [0, 0.05) is 12.5 Å². The van der Waals surface area contributed by atoms with Crippen LogP contribution in [0.2, 0.25) is 0 Å². The second-order valence-electron chi connectivity index (χ2n) is 2.97. The molecule has 0 aliphatic rings. The highest BCUT2D eigenvalue weighted by Crippen LogP contribution is 2.06. The number of hydrogen-bond acceptors (Lipinski definition) is 1. The van der Waals surface area contributed by atoms with E-state index in [0.717, 1.165) is 6.42 Å². The fraction of sp³-hybridized carbons (Fsp3) is 0.778. The van der Waals surface area contributed by atoms with Gasteiger partial charge in [0.05, 0.1) is 0 Å². The lowest BCUT2D eigenvalue weighted by atomic mass is 10.0. The molecule has 2 unspecified atom stereocenters. The van der Waals surface area contributed by atoms with Crippen LogP contribution in [-0.2, 0) is 4.79 Å². The van der Waals surface area contributed by atoms with Crippen LogP contribution < -0.4 is 5.32 Å². The Morgan fingerprint density at radius 1 is 1.55 bits per heavy atom. The first-order valence-corrected chi connectivity index (χ1v) is 4.21. The molecule has 0 spiro atoms. The number of carbonyl (C=O) groups is 1. The molecule has 0 heterocycles. The molecular formula is C9H18NO. The summed E-state index contributed by atoms with van der Waals surface area (Å²) in [5.74, 6) is 0.580. The summed E-state index contributed by atoms with van der Waals surface area (Å²) in [6.07, 6.45) is 2.66. The summed E-state index contributed by atoms with van der Waals surface area (Å²) in [7, 11) is 0. The Labute approximate surface area is 69.4 Å². The molecule has 0 aliphatic heterocycles. The van der Waals surface area contributed by atoms with Gasteiger partial charge in [0.15, 0.2) is 0 Å². The average Bonchev–Trinajstić information content (AvgIpc) is 2.02. The van der Waals surface area contributed by atoms with Crippen LogP contribution in [0.4, 0.5) is 0 Å². The molecule has 0 saturated carbocycles. The maximum atomic E-state index is 10.9. The summed E-state index contributed by atoms with van der Waals surface area (Å²) >= 11 is 0. The van der Waals surface area contributed by atoms with Gasteiger partial charge < -0.3 is 5.32 Å². The van der Waals surface area contributed by atoms with Crippen molar-refractivity contribution in [1.29, 1.82) is 0 Å². The minimum Gasteiger partial charge on any atom is -0.353 e. The Hall–Kier alpha value is -0.530. The topological polar surface area (TPSA) is 29.1 Å². The van der Waals surface area contributed by atoms with E-state index in [2.05, 4.69) is 19.2 Å². The van der Waals surface area contributed by atoms with Crippen LogP contribution in [0.5, 0.6) is 0 Å². The molecule has 65 valence electrons. The van der Waals surface area contributed by atoms with Crippen molar-refractivity contribution in [1.82, 2.24) is 5.32 Å². The molecule has 1 N–H and O–H groups in total. The zero-order valence-electron chi connectivity index (χ0n) is 7.85. The zero-order valence-corrected chi connectivity index (χ0v) is 7.85. The van der Waals surface area contributed by atoms with Crippen LogP contribution in [0.25, 0.3) is 0 Å².